The monoisotopic (exact) mass is 518 g/mol. The summed E-state index contributed by atoms with van der Waals surface area (Å²) in [5.74, 6) is 0.305. The van der Waals surface area contributed by atoms with Gasteiger partial charge in [-0.2, -0.15) is 4.31 Å². The first-order valence-electron chi connectivity index (χ1n) is 13.2. The smallest absolute Gasteiger partial charge is 0.252 e. The molecular formula is C29H34N4O3S. The first kappa shape index (κ1) is 25.5. The number of nitrogens with one attached hydrogen (secondary N) is 1. The third-order valence-corrected chi connectivity index (χ3v) is 9.39. The van der Waals surface area contributed by atoms with Crippen LogP contribution in [-0.2, 0) is 10.0 Å². The van der Waals surface area contributed by atoms with Crippen molar-refractivity contribution in [1.29, 1.82) is 0 Å². The number of hydrogen-bond acceptors (Lipinski definition) is 5. The minimum absolute atomic E-state index is 0.203. The van der Waals surface area contributed by atoms with Gasteiger partial charge in [0.2, 0.25) is 10.0 Å². The van der Waals surface area contributed by atoms with Gasteiger partial charge in [-0.05, 0) is 87.3 Å². The van der Waals surface area contributed by atoms with E-state index < -0.39 is 10.0 Å². The number of aromatic nitrogens is 2. The summed E-state index contributed by atoms with van der Waals surface area (Å²) >= 11 is 0. The van der Waals surface area contributed by atoms with Crippen molar-refractivity contribution in [2.45, 2.75) is 56.8 Å². The molecule has 7 nitrogen and oxygen atoms in total. The number of amides is 1. The summed E-state index contributed by atoms with van der Waals surface area (Å²) < 4.78 is 28.5. The topological polar surface area (TPSA) is 92.3 Å². The Hall–Kier alpha value is -3.10. The molecule has 1 aromatic carbocycles. The van der Waals surface area contributed by atoms with Gasteiger partial charge in [0.05, 0.1) is 21.7 Å². The molecule has 1 saturated heterocycles. The molecule has 2 aliphatic rings. The second-order valence-corrected chi connectivity index (χ2v) is 12.1. The van der Waals surface area contributed by atoms with Gasteiger partial charge in [-0.15, -0.1) is 0 Å². The minimum Gasteiger partial charge on any atom is -0.352 e. The van der Waals surface area contributed by atoms with Gasteiger partial charge in [-0.1, -0.05) is 18.6 Å². The molecular weight excluding hydrogens is 484 g/mol. The molecule has 1 aliphatic heterocycles. The van der Waals surface area contributed by atoms with E-state index in [0.29, 0.717) is 47.7 Å². The Morgan fingerprint density at radius 3 is 2.59 bits per heavy atom. The molecule has 3 aromatic rings. The third-order valence-electron chi connectivity index (χ3n) is 7.50. The molecule has 0 atom stereocenters. The van der Waals surface area contributed by atoms with Gasteiger partial charge in [0, 0.05) is 43.0 Å². The van der Waals surface area contributed by atoms with Crippen molar-refractivity contribution >= 4 is 26.8 Å². The van der Waals surface area contributed by atoms with E-state index in [9.17, 15) is 13.2 Å². The fraction of sp³-hybridized carbons (Fsp3) is 0.414. The fourth-order valence-electron chi connectivity index (χ4n) is 5.16. The van der Waals surface area contributed by atoms with Crippen molar-refractivity contribution < 1.29 is 13.2 Å². The van der Waals surface area contributed by atoms with Crippen LogP contribution in [0, 0.1) is 5.92 Å². The third kappa shape index (κ3) is 5.75. The summed E-state index contributed by atoms with van der Waals surface area (Å²) in [4.78, 5) is 22.5. The maximum absolute atomic E-state index is 13.5. The lowest BCUT2D eigenvalue weighted by Gasteiger charge is -2.29. The van der Waals surface area contributed by atoms with Crippen LogP contribution in [-0.4, -0.2) is 48.2 Å². The lowest BCUT2D eigenvalue weighted by Crippen LogP contribution is -2.37. The molecule has 0 unspecified atom stereocenters. The predicted octanol–water partition coefficient (Wildman–Crippen LogP) is 5.34. The molecule has 0 bridgehead atoms. The Bertz CT molecular complexity index is 1410. The quantitative estimate of drug-likeness (QED) is 0.427. The van der Waals surface area contributed by atoms with Gasteiger partial charge in [0.25, 0.3) is 5.91 Å². The number of rotatable bonds is 7. The number of hydrogen-bond donors (Lipinski definition) is 1. The molecule has 3 heterocycles. The Morgan fingerprint density at radius 2 is 1.86 bits per heavy atom. The van der Waals surface area contributed by atoms with E-state index in [2.05, 4.69) is 23.3 Å². The van der Waals surface area contributed by atoms with Gasteiger partial charge in [-0.3, -0.25) is 9.78 Å². The Kier molecular flexibility index (Phi) is 7.67. The van der Waals surface area contributed by atoms with Crippen LogP contribution in [0.5, 0.6) is 0 Å². The molecule has 1 N–H and O–H groups in total. The number of fused-ring (bicyclic) bond motifs is 1. The molecule has 2 aromatic heterocycles. The average molecular weight is 519 g/mol. The highest BCUT2D eigenvalue weighted by atomic mass is 32.2. The maximum Gasteiger partial charge on any atom is 0.252 e. The number of piperidine rings is 1. The average Bonchev–Trinajstić information content (AvgIpc) is 2.93. The van der Waals surface area contributed by atoms with Crippen LogP contribution in [0.3, 0.4) is 0 Å². The first-order valence-corrected chi connectivity index (χ1v) is 14.7. The lowest BCUT2D eigenvalue weighted by atomic mass is 9.97. The number of sulfonamides is 1. The zero-order valence-corrected chi connectivity index (χ0v) is 22.1. The van der Waals surface area contributed by atoms with Crippen LogP contribution in [0.25, 0.3) is 22.2 Å². The van der Waals surface area contributed by atoms with Crippen LogP contribution in [0.15, 0.2) is 65.3 Å². The van der Waals surface area contributed by atoms with Crippen molar-refractivity contribution in [1.82, 2.24) is 19.6 Å². The maximum atomic E-state index is 13.5. The number of allylic oxidation sites excluding steroid dienone is 1. The van der Waals surface area contributed by atoms with Crippen molar-refractivity contribution in [3.63, 3.8) is 0 Å². The van der Waals surface area contributed by atoms with E-state index in [4.69, 9.17) is 4.98 Å². The molecule has 0 radical (unpaired) electrons. The zero-order chi connectivity index (χ0) is 25.8. The molecule has 0 saturated carbocycles. The molecule has 37 heavy (non-hydrogen) atoms. The molecule has 5 rings (SSSR count). The number of benzene rings is 1. The van der Waals surface area contributed by atoms with Crippen molar-refractivity contribution in [2.75, 3.05) is 19.6 Å². The molecule has 1 aliphatic carbocycles. The molecule has 0 spiro atoms. The lowest BCUT2D eigenvalue weighted by molar-refractivity contribution is 0.0955. The van der Waals surface area contributed by atoms with Gasteiger partial charge in [0.1, 0.15) is 0 Å². The number of carbonyl (C=O) groups excluding carboxylic acids is 1. The summed E-state index contributed by atoms with van der Waals surface area (Å²) in [5.41, 5.74) is 3.90. The summed E-state index contributed by atoms with van der Waals surface area (Å²) in [5, 5.41) is 3.60. The SMILES string of the molecule is CC1CCN(S(=O)(=O)c2ccc3nc(-c4ccncc4)cc(C(=O)NCCC4=CCCCC4)c3c2)CC1. The summed E-state index contributed by atoms with van der Waals surface area (Å²) in [7, 11) is -3.66. The van der Waals surface area contributed by atoms with Crippen LogP contribution >= 0.6 is 0 Å². The summed E-state index contributed by atoms with van der Waals surface area (Å²) in [6.45, 7) is 3.73. The standard InChI is InChI=1S/C29H34N4O3S/c1-21-12-17-33(18-13-21)37(35,36)24-7-8-27-25(19-24)26(20-28(32-27)23-10-14-30-15-11-23)29(34)31-16-9-22-5-3-2-4-6-22/h5,7-8,10-11,14-15,19-21H,2-4,6,9,12-13,16-18H2,1H3,(H,31,34). The highest BCUT2D eigenvalue weighted by Gasteiger charge is 2.29. The first-order chi connectivity index (χ1) is 17.9. The molecule has 8 heteroatoms. The summed E-state index contributed by atoms with van der Waals surface area (Å²) in [6.07, 6.45) is 12.9. The van der Waals surface area contributed by atoms with Crippen LogP contribution in [0.1, 0.15) is 62.2 Å². The van der Waals surface area contributed by atoms with E-state index in [1.54, 1.807) is 41.0 Å². The Morgan fingerprint density at radius 1 is 1.08 bits per heavy atom. The van der Waals surface area contributed by atoms with Crippen LogP contribution in [0.2, 0.25) is 0 Å². The molecule has 1 fully saturated rings. The van der Waals surface area contributed by atoms with Crippen molar-refractivity contribution in [3.8, 4) is 11.3 Å². The number of pyridine rings is 2. The van der Waals surface area contributed by atoms with Gasteiger partial charge in [0.15, 0.2) is 0 Å². The molecule has 1 amide bonds. The van der Waals surface area contributed by atoms with E-state index in [0.717, 1.165) is 37.7 Å². The molecule has 194 valence electrons. The van der Waals surface area contributed by atoms with E-state index in [1.165, 1.54) is 18.4 Å². The van der Waals surface area contributed by atoms with Gasteiger partial charge < -0.3 is 5.32 Å². The number of nitrogens with zero attached hydrogens (tertiary/aromatic N) is 3. The van der Waals surface area contributed by atoms with E-state index >= 15 is 0 Å². The van der Waals surface area contributed by atoms with Crippen LogP contribution in [0.4, 0.5) is 0 Å². The second-order valence-electron chi connectivity index (χ2n) is 10.2. The summed E-state index contributed by atoms with van der Waals surface area (Å²) in [6, 6.07) is 10.4. The highest BCUT2D eigenvalue weighted by Crippen LogP contribution is 2.29. The Balaban J connectivity index is 1.49. The Labute approximate surface area is 219 Å². The fourth-order valence-corrected chi connectivity index (χ4v) is 6.66. The largest absolute Gasteiger partial charge is 0.352 e. The number of carbonyl (C=O) groups is 1. The van der Waals surface area contributed by atoms with Crippen molar-refractivity contribution in [2.24, 2.45) is 5.92 Å². The minimum atomic E-state index is -3.66. The van der Waals surface area contributed by atoms with E-state index in [-0.39, 0.29) is 10.8 Å². The van der Waals surface area contributed by atoms with Gasteiger partial charge in [-0.25, -0.2) is 13.4 Å². The zero-order valence-electron chi connectivity index (χ0n) is 21.3. The predicted molar refractivity (Wildman–Crippen MR) is 146 cm³/mol. The van der Waals surface area contributed by atoms with Gasteiger partial charge >= 0.3 is 0 Å². The van der Waals surface area contributed by atoms with Crippen LogP contribution < -0.4 is 5.32 Å². The van der Waals surface area contributed by atoms with E-state index in [1.807, 2.05) is 12.1 Å². The highest BCUT2D eigenvalue weighted by molar-refractivity contribution is 7.89. The van der Waals surface area contributed by atoms with Crippen molar-refractivity contribution in [3.05, 3.63) is 66.0 Å². The second kappa shape index (κ2) is 11.1. The normalized spacial score (nSPS) is 17.5.